The molecule has 2 aromatic heterocycles. The van der Waals surface area contributed by atoms with Gasteiger partial charge in [-0.05, 0) is 60.6 Å². The van der Waals surface area contributed by atoms with Crippen molar-refractivity contribution >= 4 is 21.6 Å². The minimum absolute atomic E-state index is 0.676. The Labute approximate surface area is 162 Å². The summed E-state index contributed by atoms with van der Waals surface area (Å²) in [6.45, 7) is 0. The van der Waals surface area contributed by atoms with E-state index in [0.29, 0.717) is 5.56 Å². The van der Waals surface area contributed by atoms with E-state index in [-0.39, 0.29) is 0 Å². The number of aromatic nitrogens is 1. The van der Waals surface area contributed by atoms with E-state index in [9.17, 15) is 0 Å². The Balaban J connectivity index is 1.78. The zero-order chi connectivity index (χ0) is 18.2. The Morgan fingerprint density at radius 1 is 0.889 bits per heavy atom. The molecule has 0 radical (unpaired) electrons. The van der Waals surface area contributed by atoms with Crippen molar-refractivity contribution in [3.8, 4) is 28.5 Å². The first-order chi connectivity index (χ1) is 13.3. The molecule has 0 amide bonds. The lowest BCUT2D eigenvalue weighted by molar-refractivity contribution is 0.700. The summed E-state index contributed by atoms with van der Waals surface area (Å²) in [6, 6.07) is 22.8. The van der Waals surface area contributed by atoms with E-state index in [1.165, 1.54) is 46.2 Å². The zero-order valence-electron chi connectivity index (χ0n) is 14.9. The predicted octanol–water partition coefficient (Wildman–Crippen LogP) is 6.38. The molecule has 2 aromatic carbocycles. The number of benzene rings is 2. The third kappa shape index (κ3) is 2.83. The molecule has 0 unspecified atom stereocenters. The van der Waals surface area contributed by atoms with Crippen LogP contribution in [0.5, 0.6) is 0 Å². The van der Waals surface area contributed by atoms with E-state index in [1.807, 2.05) is 35.6 Å². The van der Waals surface area contributed by atoms with Crippen LogP contribution in [0.3, 0.4) is 0 Å². The molecule has 3 heteroatoms. The molecule has 27 heavy (non-hydrogen) atoms. The normalized spacial score (nSPS) is 13.3. The molecule has 0 atom stereocenters. The number of rotatable bonds is 2. The van der Waals surface area contributed by atoms with Crippen LogP contribution >= 0.6 is 11.3 Å². The van der Waals surface area contributed by atoms with E-state index < -0.39 is 0 Å². The van der Waals surface area contributed by atoms with Gasteiger partial charge in [0.2, 0.25) is 0 Å². The predicted molar refractivity (Wildman–Crippen MR) is 112 cm³/mol. The molecule has 0 spiro atoms. The number of hydrogen-bond acceptors (Lipinski definition) is 3. The van der Waals surface area contributed by atoms with Crippen LogP contribution in [-0.4, -0.2) is 4.98 Å². The molecular formula is C24H18N2S. The molecule has 5 rings (SSSR count). The maximum Gasteiger partial charge on any atom is 0.125 e. The third-order valence-corrected chi connectivity index (χ3v) is 6.51. The second-order valence-electron chi connectivity index (χ2n) is 7.00. The summed E-state index contributed by atoms with van der Waals surface area (Å²) in [5.74, 6) is 0. The number of fused-ring (bicyclic) bond motifs is 3. The summed E-state index contributed by atoms with van der Waals surface area (Å²) in [5, 5.41) is 10.4. The first kappa shape index (κ1) is 16.2. The summed E-state index contributed by atoms with van der Waals surface area (Å²) >= 11 is 1.86. The fourth-order valence-corrected chi connectivity index (χ4v) is 5.25. The van der Waals surface area contributed by atoms with Gasteiger partial charge in [-0.25, -0.2) is 4.98 Å². The van der Waals surface area contributed by atoms with Crippen molar-refractivity contribution in [2.45, 2.75) is 25.7 Å². The first-order valence-electron chi connectivity index (χ1n) is 9.35. The van der Waals surface area contributed by atoms with E-state index >= 15 is 0 Å². The molecule has 0 fully saturated rings. The van der Waals surface area contributed by atoms with Gasteiger partial charge in [0.1, 0.15) is 4.83 Å². The van der Waals surface area contributed by atoms with Gasteiger partial charge in [-0.1, -0.05) is 42.5 Å². The Kier molecular flexibility index (Phi) is 3.99. The quantitative estimate of drug-likeness (QED) is 0.413. The molecule has 2 nitrogen and oxygen atoms in total. The van der Waals surface area contributed by atoms with Gasteiger partial charge in [-0.15, -0.1) is 11.3 Å². The molecule has 1 aliphatic rings. The van der Waals surface area contributed by atoms with Gasteiger partial charge in [0.25, 0.3) is 0 Å². The van der Waals surface area contributed by atoms with Crippen LogP contribution < -0.4 is 0 Å². The minimum atomic E-state index is 0.676. The number of hydrogen-bond donors (Lipinski definition) is 0. The van der Waals surface area contributed by atoms with Crippen molar-refractivity contribution in [3.63, 3.8) is 0 Å². The number of aryl methyl sites for hydroxylation is 2. The van der Waals surface area contributed by atoms with Crippen LogP contribution in [0.25, 0.3) is 32.6 Å². The van der Waals surface area contributed by atoms with Crippen molar-refractivity contribution in [2.24, 2.45) is 0 Å². The van der Waals surface area contributed by atoms with Crippen LogP contribution in [-0.2, 0) is 12.8 Å². The highest BCUT2D eigenvalue weighted by atomic mass is 32.1. The lowest BCUT2D eigenvalue weighted by Crippen LogP contribution is -1.98. The van der Waals surface area contributed by atoms with Crippen LogP contribution in [0, 0.1) is 11.3 Å². The Morgan fingerprint density at radius 2 is 1.67 bits per heavy atom. The highest BCUT2D eigenvalue weighted by molar-refractivity contribution is 7.19. The van der Waals surface area contributed by atoms with Crippen LogP contribution in [0.2, 0.25) is 0 Å². The molecule has 0 saturated carbocycles. The number of pyridine rings is 1. The monoisotopic (exact) mass is 366 g/mol. The Bertz CT molecular complexity index is 1170. The van der Waals surface area contributed by atoms with Gasteiger partial charge in [0, 0.05) is 15.8 Å². The second kappa shape index (κ2) is 6.64. The van der Waals surface area contributed by atoms with Crippen molar-refractivity contribution in [3.05, 3.63) is 76.7 Å². The molecule has 0 saturated heterocycles. The maximum absolute atomic E-state index is 9.06. The van der Waals surface area contributed by atoms with E-state index in [4.69, 9.17) is 10.2 Å². The van der Waals surface area contributed by atoms with Gasteiger partial charge < -0.3 is 0 Å². The molecule has 1 aliphatic carbocycles. The fraction of sp³-hybridized carbons (Fsp3) is 0.167. The summed E-state index contributed by atoms with van der Waals surface area (Å²) in [4.78, 5) is 7.68. The van der Waals surface area contributed by atoms with Crippen LogP contribution in [0.1, 0.15) is 28.8 Å². The summed E-state index contributed by atoms with van der Waals surface area (Å²) < 4.78 is 0. The van der Waals surface area contributed by atoms with Gasteiger partial charge in [0.15, 0.2) is 0 Å². The molecule has 2 heterocycles. The lowest BCUT2D eigenvalue weighted by atomic mass is 9.92. The highest BCUT2D eigenvalue weighted by Gasteiger charge is 2.21. The average Bonchev–Trinajstić information content (AvgIpc) is 3.12. The first-order valence-corrected chi connectivity index (χ1v) is 10.2. The molecule has 0 aliphatic heterocycles. The van der Waals surface area contributed by atoms with E-state index in [1.54, 1.807) is 0 Å². The standard InChI is InChI=1S/C24H18N2S/c25-15-16-10-12-18(13-11-16)21-14-20(17-6-2-1-3-7-17)23-19-8-4-5-9-22(19)27-24(23)26-21/h1-3,6-7,10-14H,4-5,8-9H2. The molecule has 130 valence electrons. The lowest BCUT2D eigenvalue weighted by Gasteiger charge is -2.13. The maximum atomic E-state index is 9.06. The molecule has 4 aromatic rings. The van der Waals surface area contributed by atoms with E-state index in [0.717, 1.165) is 22.5 Å². The SMILES string of the molecule is N#Cc1ccc(-c2cc(-c3ccccc3)c3c4c(sc3n2)CCCC4)cc1. The van der Waals surface area contributed by atoms with Gasteiger partial charge in [-0.2, -0.15) is 5.26 Å². The molecule has 0 bridgehead atoms. The summed E-state index contributed by atoms with van der Waals surface area (Å²) in [5.41, 5.74) is 6.74. The molecule has 0 N–H and O–H groups in total. The van der Waals surface area contributed by atoms with Crippen molar-refractivity contribution in [1.82, 2.24) is 4.98 Å². The van der Waals surface area contributed by atoms with Crippen LogP contribution in [0.4, 0.5) is 0 Å². The third-order valence-electron chi connectivity index (χ3n) is 5.32. The topological polar surface area (TPSA) is 36.7 Å². The molecular weight excluding hydrogens is 348 g/mol. The minimum Gasteiger partial charge on any atom is -0.237 e. The second-order valence-corrected chi connectivity index (χ2v) is 8.08. The van der Waals surface area contributed by atoms with Crippen molar-refractivity contribution in [1.29, 1.82) is 5.26 Å². The van der Waals surface area contributed by atoms with Gasteiger partial charge >= 0.3 is 0 Å². The van der Waals surface area contributed by atoms with E-state index in [2.05, 4.69) is 42.5 Å². The number of nitriles is 1. The van der Waals surface area contributed by atoms with Crippen molar-refractivity contribution < 1.29 is 0 Å². The largest absolute Gasteiger partial charge is 0.237 e. The van der Waals surface area contributed by atoms with Crippen molar-refractivity contribution in [2.75, 3.05) is 0 Å². The van der Waals surface area contributed by atoms with Gasteiger partial charge in [0.05, 0.1) is 17.3 Å². The smallest absolute Gasteiger partial charge is 0.125 e. The van der Waals surface area contributed by atoms with Crippen LogP contribution in [0.15, 0.2) is 60.7 Å². The Morgan fingerprint density at radius 3 is 2.44 bits per heavy atom. The zero-order valence-corrected chi connectivity index (χ0v) is 15.7. The summed E-state index contributed by atoms with van der Waals surface area (Å²) in [6.07, 6.45) is 4.89. The fourth-order valence-electron chi connectivity index (χ4n) is 3.97. The highest BCUT2D eigenvalue weighted by Crippen LogP contribution is 2.42. The average molecular weight is 366 g/mol. The van der Waals surface area contributed by atoms with Gasteiger partial charge in [-0.3, -0.25) is 0 Å². The summed E-state index contributed by atoms with van der Waals surface area (Å²) in [7, 11) is 0. The number of nitrogens with zero attached hydrogens (tertiary/aromatic N) is 2. The Hall–Kier alpha value is -2.96. The number of thiophene rings is 1.